The summed E-state index contributed by atoms with van der Waals surface area (Å²) in [5.41, 5.74) is 25.8. The highest BCUT2D eigenvalue weighted by Crippen LogP contribution is 1.81. The summed E-state index contributed by atoms with van der Waals surface area (Å²) in [7, 11) is 0. The van der Waals surface area contributed by atoms with Crippen LogP contribution in [0, 0.1) is 0 Å². The van der Waals surface area contributed by atoms with Crippen molar-refractivity contribution in [1.82, 2.24) is 0 Å². The van der Waals surface area contributed by atoms with Gasteiger partial charge in [0.25, 0.3) is 0 Å². The molecule has 0 aromatic rings. The summed E-state index contributed by atoms with van der Waals surface area (Å²) < 4.78 is 0. The topological polar surface area (TPSA) is 130 Å². The van der Waals surface area contributed by atoms with Crippen LogP contribution < -0.4 is 28.7 Å². The molecule has 0 aromatic carbocycles. The lowest BCUT2D eigenvalue weighted by molar-refractivity contribution is 0.372. The van der Waals surface area contributed by atoms with Crippen LogP contribution in [-0.4, -0.2) is 18.4 Å². The molecule has 1 unspecified atom stereocenters. The average molecular weight is 119 g/mol. The van der Waals surface area contributed by atoms with Crippen LogP contribution in [0.4, 0.5) is 0 Å². The molecular weight excluding hydrogens is 106 g/mol. The third kappa shape index (κ3) is 2.20. The molecule has 0 heterocycles. The Hall–Kier alpha value is -0.200. The second-order valence-corrected chi connectivity index (χ2v) is 1.84. The molecule has 0 aromatic heterocycles. The molecule has 8 heavy (non-hydrogen) atoms. The van der Waals surface area contributed by atoms with Gasteiger partial charge in [0.05, 0.1) is 6.04 Å². The van der Waals surface area contributed by atoms with Crippen molar-refractivity contribution in [2.75, 3.05) is 6.54 Å². The first-order valence-corrected chi connectivity index (χ1v) is 2.30. The van der Waals surface area contributed by atoms with Gasteiger partial charge in [-0.25, -0.2) is 0 Å². The van der Waals surface area contributed by atoms with Crippen LogP contribution in [0.2, 0.25) is 0 Å². The average Bonchev–Trinajstić information content (AvgIpc) is 1.62. The van der Waals surface area contributed by atoms with Gasteiger partial charge < -0.3 is 11.5 Å². The highest BCUT2D eigenvalue weighted by atomic mass is 15.2. The fourth-order valence-electron chi connectivity index (χ4n) is 0.204. The van der Waals surface area contributed by atoms with Crippen molar-refractivity contribution in [1.29, 1.82) is 0 Å². The van der Waals surface area contributed by atoms with Gasteiger partial charge >= 0.3 is 0 Å². The van der Waals surface area contributed by atoms with Crippen LogP contribution in [0.3, 0.4) is 0 Å². The molecule has 0 radical (unpaired) electrons. The molecule has 0 fully saturated rings. The van der Waals surface area contributed by atoms with E-state index in [9.17, 15) is 0 Å². The highest BCUT2D eigenvalue weighted by Gasteiger charge is 2.19. The number of nitrogens with two attached hydrogens (primary N) is 5. The first-order valence-electron chi connectivity index (χ1n) is 2.30. The van der Waals surface area contributed by atoms with E-state index in [2.05, 4.69) is 0 Å². The van der Waals surface area contributed by atoms with E-state index >= 15 is 0 Å². The summed E-state index contributed by atoms with van der Waals surface area (Å²) >= 11 is 0. The van der Waals surface area contributed by atoms with Gasteiger partial charge in [0.15, 0.2) is 0 Å². The van der Waals surface area contributed by atoms with Crippen molar-refractivity contribution in [2.24, 2.45) is 28.7 Å². The summed E-state index contributed by atoms with van der Waals surface area (Å²) in [5, 5.41) is 0. The molecule has 0 spiro atoms. The van der Waals surface area contributed by atoms with E-state index in [1.807, 2.05) is 0 Å². The molecule has 1 atom stereocenters. The van der Waals surface area contributed by atoms with Crippen LogP contribution in [-0.2, 0) is 0 Å². The van der Waals surface area contributed by atoms with Crippen LogP contribution in [0.25, 0.3) is 0 Å². The monoisotopic (exact) mass is 119 g/mol. The van der Waals surface area contributed by atoms with E-state index in [1.54, 1.807) is 0 Å². The Labute approximate surface area is 48.2 Å². The fourth-order valence-corrected chi connectivity index (χ4v) is 0.204. The summed E-state index contributed by atoms with van der Waals surface area (Å²) in [6.07, 6.45) is 0. The first kappa shape index (κ1) is 7.80. The Bertz CT molecular complexity index is 64.6. The quantitative estimate of drug-likeness (QED) is 0.244. The SMILES string of the molecule is NCC(N)C(N)(N)N. The maximum atomic E-state index is 5.25. The van der Waals surface area contributed by atoms with E-state index in [0.717, 1.165) is 0 Å². The predicted molar refractivity (Wildman–Crippen MR) is 32.3 cm³/mol. The van der Waals surface area contributed by atoms with Crippen molar-refractivity contribution in [3.05, 3.63) is 0 Å². The normalized spacial score (nSPS) is 16.1. The third-order valence-corrected chi connectivity index (χ3v) is 0.896. The molecule has 5 nitrogen and oxygen atoms in total. The second-order valence-electron chi connectivity index (χ2n) is 1.84. The molecule has 0 aliphatic heterocycles. The van der Waals surface area contributed by atoms with Crippen LogP contribution >= 0.6 is 0 Å². The molecule has 0 rings (SSSR count). The zero-order chi connectivity index (χ0) is 6.78. The molecule has 50 valence electrons. The van der Waals surface area contributed by atoms with E-state index in [0.29, 0.717) is 0 Å². The zero-order valence-corrected chi connectivity index (χ0v) is 4.67. The standard InChI is InChI=1S/C3H13N5/c4-1-2(5)3(6,7)8/h2H,1,4-8H2. The molecule has 0 aliphatic rings. The maximum Gasteiger partial charge on any atom is 0.132 e. The smallest absolute Gasteiger partial charge is 0.132 e. The Kier molecular flexibility index (Phi) is 2.32. The first-order chi connectivity index (χ1) is 3.48. The maximum absolute atomic E-state index is 5.25. The van der Waals surface area contributed by atoms with E-state index in [1.165, 1.54) is 0 Å². The lowest BCUT2D eigenvalue weighted by atomic mass is 10.2. The van der Waals surface area contributed by atoms with Crippen molar-refractivity contribution in [2.45, 2.75) is 11.8 Å². The minimum absolute atomic E-state index is 0.198. The molecule has 0 bridgehead atoms. The summed E-state index contributed by atoms with van der Waals surface area (Å²) in [4.78, 5) is 0. The largest absolute Gasteiger partial charge is 0.329 e. The van der Waals surface area contributed by atoms with Crippen LogP contribution in [0.15, 0.2) is 0 Å². The molecule has 0 saturated carbocycles. The summed E-state index contributed by atoms with van der Waals surface area (Å²) in [6.45, 7) is 0.198. The fraction of sp³-hybridized carbons (Fsp3) is 1.00. The predicted octanol–water partition coefficient (Wildman–Crippen LogP) is -3.20. The van der Waals surface area contributed by atoms with Crippen molar-refractivity contribution >= 4 is 0 Å². The highest BCUT2D eigenvalue weighted by molar-refractivity contribution is 4.82. The Morgan fingerprint density at radius 1 is 1.25 bits per heavy atom. The van der Waals surface area contributed by atoms with Gasteiger partial charge in [0.2, 0.25) is 0 Å². The van der Waals surface area contributed by atoms with Crippen molar-refractivity contribution in [3.63, 3.8) is 0 Å². The Morgan fingerprint density at radius 2 is 1.62 bits per heavy atom. The van der Waals surface area contributed by atoms with Gasteiger partial charge in [0, 0.05) is 6.54 Å². The molecule has 0 aliphatic carbocycles. The lowest BCUT2D eigenvalue weighted by Gasteiger charge is -2.24. The van der Waals surface area contributed by atoms with Gasteiger partial charge in [-0.3, -0.25) is 17.2 Å². The van der Waals surface area contributed by atoms with Gasteiger partial charge in [0.1, 0.15) is 5.79 Å². The molecular formula is C3H13N5. The Balaban J connectivity index is 3.62. The summed E-state index contributed by atoms with van der Waals surface area (Å²) in [6, 6.07) is -0.539. The number of hydrogen-bond acceptors (Lipinski definition) is 5. The van der Waals surface area contributed by atoms with E-state index in [4.69, 9.17) is 28.7 Å². The lowest BCUT2D eigenvalue weighted by Crippen LogP contribution is -2.70. The van der Waals surface area contributed by atoms with E-state index < -0.39 is 11.8 Å². The number of hydrogen-bond donors (Lipinski definition) is 5. The molecule has 0 amide bonds. The number of rotatable bonds is 2. The van der Waals surface area contributed by atoms with Gasteiger partial charge in [-0.05, 0) is 0 Å². The molecule has 0 saturated heterocycles. The van der Waals surface area contributed by atoms with Gasteiger partial charge in [-0.2, -0.15) is 0 Å². The third-order valence-electron chi connectivity index (χ3n) is 0.896. The summed E-state index contributed by atoms with van der Waals surface area (Å²) in [5.74, 6) is -1.34. The molecule has 10 N–H and O–H groups in total. The zero-order valence-electron chi connectivity index (χ0n) is 4.67. The minimum atomic E-state index is -1.34. The van der Waals surface area contributed by atoms with E-state index in [-0.39, 0.29) is 6.54 Å². The van der Waals surface area contributed by atoms with Crippen molar-refractivity contribution in [3.8, 4) is 0 Å². The van der Waals surface area contributed by atoms with Gasteiger partial charge in [-0.15, -0.1) is 0 Å². The van der Waals surface area contributed by atoms with Crippen LogP contribution in [0.5, 0.6) is 0 Å². The Morgan fingerprint density at radius 3 is 1.62 bits per heavy atom. The van der Waals surface area contributed by atoms with Crippen molar-refractivity contribution < 1.29 is 0 Å². The van der Waals surface area contributed by atoms with Crippen LogP contribution in [0.1, 0.15) is 0 Å². The molecule has 5 heteroatoms. The minimum Gasteiger partial charge on any atom is -0.329 e. The second kappa shape index (κ2) is 2.38. The van der Waals surface area contributed by atoms with Gasteiger partial charge in [-0.1, -0.05) is 0 Å².